The van der Waals surface area contributed by atoms with E-state index >= 15 is 0 Å². The normalized spacial score (nSPS) is 12.0. The van der Waals surface area contributed by atoms with E-state index in [0.29, 0.717) is 80.9 Å². The number of likely N-dealkylation sites (N-methyl/N-ethyl adjacent to an activating group) is 2. The highest BCUT2D eigenvalue weighted by molar-refractivity contribution is 7.99. The zero-order valence-electron chi connectivity index (χ0n) is 67.6. The van der Waals surface area contributed by atoms with Gasteiger partial charge >= 0.3 is 0 Å². The number of H-pyrrole nitrogens is 5. The molecule has 5 N–H and O–H groups in total. The molecule has 12 aromatic heterocycles. The lowest BCUT2D eigenvalue weighted by Crippen LogP contribution is -2.46. The molecule has 0 amide bonds. The lowest BCUT2D eigenvalue weighted by atomic mass is 10.1. The summed E-state index contributed by atoms with van der Waals surface area (Å²) in [6.45, 7) is 31.9. The fraction of sp³-hybridized carbons (Fsp3) is 0.405. The first-order valence-corrected chi connectivity index (χ1v) is 44.7. The fourth-order valence-corrected chi connectivity index (χ4v) is 17.4. The second-order valence-corrected chi connectivity index (χ2v) is 33.3. The summed E-state index contributed by atoms with van der Waals surface area (Å²) < 4.78 is 5.32. The van der Waals surface area contributed by atoms with Crippen LogP contribution in [0.5, 0.6) is 0 Å². The van der Waals surface area contributed by atoms with Gasteiger partial charge in [0.25, 0.3) is 27.8 Å². The SMILES string of the molecule is C.C.C.C.C.CCN1CCN(c2ccc(CSc3nc(C)cc(=O)[nH]3)c(Cl)n2)CC1.CCN1CCN(c2ccc(CSc3nc(C)cc(=O)[nH]3)cn2)CC1.CCc1noc(CC)c1CSc1nc(C)cc(=O)[nH]1.Cc1cc(=O)[nH]c(SCc2ncccn2)n1.Cc1cc(C)nc(SCc2cncnc2)n1.Cc1cnc(SCc2c(Cl)cncc2Cl)[nH]c1=O.Cl. The summed E-state index contributed by atoms with van der Waals surface area (Å²) in [6, 6.07) is 17.9. The summed E-state index contributed by atoms with van der Waals surface area (Å²) in [5, 5.41) is 9.42. The minimum atomic E-state index is -0.139. The van der Waals surface area contributed by atoms with E-state index in [1.54, 1.807) is 51.0 Å². The van der Waals surface area contributed by atoms with Crippen LogP contribution in [0.1, 0.15) is 150 Å². The highest BCUT2D eigenvalue weighted by atomic mass is 35.5. The molecule has 2 aliphatic rings. The Kier molecular flexibility index (Phi) is 50.2. The third-order valence-corrected chi connectivity index (χ3v) is 23.7. The molecule has 0 saturated carbocycles. The lowest BCUT2D eigenvalue weighted by molar-refractivity contribution is 0.270. The molecule has 670 valence electrons. The smallest absolute Gasteiger partial charge is 0.254 e. The van der Waals surface area contributed by atoms with Gasteiger partial charge in [-0.25, -0.2) is 64.8 Å². The van der Waals surface area contributed by atoms with Crippen molar-refractivity contribution in [3.05, 3.63) is 268 Å². The highest BCUT2D eigenvalue weighted by Gasteiger charge is 2.21. The van der Waals surface area contributed by atoms with E-state index in [4.69, 9.17) is 39.3 Å². The topological polar surface area (TPSA) is 384 Å². The van der Waals surface area contributed by atoms with Gasteiger partial charge in [0.05, 0.1) is 21.5 Å². The molecule has 0 radical (unpaired) electrons. The predicted octanol–water partition coefficient (Wildman–Crippen LogP) is 17.0. The molecule has 30 nitrogen and oxygen atoms in total. The number of hydrogen-bond donors (Lipinski definition) is 5. The number of halogens is 4. The second-order valence-electron chi connectivity index (χ2n) is 26.4. The number of aryl methyl sites for hydroxylation is 9. The summed E-state index contributed by atoms with van der Waals surface area (Å²) in [7, 11) is 0. The Morgan fingerprint density at radius 2 is 0.871 bits per heavy atom. The van der Waals surface area contributed by atoms with E-state index in [9.17, 15) is 24.0 Å². The Hall–Kier alpha value is -8.92. The number of nitrogens with zero attached hydrogens (tertiary/aromatic N) is 19. The maximum Gasteiger partial charge on any atom is 0.254 e. The summed E-state index contributed by atoms with van der Waals surface area (Å²) in [5.74, 6) is 7.57. The summed E-state index contributed by atoms with van der Waals surface area (Å²) >= 11 is 27.2. The monoisotopic (exact) mass is 1890 g/mol. The van der Waals surface area contributed by atoms with Crippen LogP contribution in [0.25, 0.3) is 0 Å². The fourth-order valence-electron chi connectivity index (χ4n) is 11.1. The molecule has 0 aromatic carbocycles. The zero-order chi connectivity index (χ0) is 84.5. The number of thioether (sulfide) groups is 6. The summed E-state index contributed by atoms with van der Waals surface area (Å²) in [4.78, 5) is 139. The van der Waals surface area contributed by atoms with Gasteiger partial charge in [0.2, 0.25) is 0 Å². The van der Waals surface area contributed by atoms with Crippen molar-refractivity contribution in [2.75, 3.05) is 75.2 Å². The van der Waals surface area contributed by atoms with E-state index in [1.807, 2.05) is 71.4 Å². The van der Waals surface area contributed by atoms with Crippen molar-refractivity contribution >= 4 is 129 Å². The Balaban J connectivity index is 0.000000383. The molecule has 40 heteroatoms. The van der Waals surface area contributed by atoms with Gasteiger partial charge in [-0.1, -0.05) is 187 Å². The van der Waals surface area contributed by atoms with Gasteiger partial charge < -0.3 is 49.0 Å². The van der Waals surface area contributed by atoms with Crippen LogP contribution >= 0.6 is 118 Å². The van der Waals surface area contributed by atoms with Crippen molar-refractivity contribution in [2.24, 2.45) is 0 Å². The molecule has 2 saturated heterocycles. The maximum absolute atomic E-state index is 11.5. The van der Waals surface area contributed by atoms with Gasteiger partial charge in [0, 0.05) is 218 Å². The highest BCUT2D eigenvalue weighted by Crippen LogP contribution is 2.31. The molecule has 2 fully saturated rings. The molecule has 14 rings (SSSR count). The summed E-state index contributed by atoms with van der Waals surface area (Å²) in [5.41, 5.74) is 10.8. The summed E-state index contributed by atoms with van der Waals surface area (Å²) in [6.07, 6.45) is 16.7. The molecule has 0 spiro atoms. The van der Waals surface area contributed by atoms with Gasteiger partial charge in [0.1, 0.15) is 34.7 Å². The average molecular weight is 1890 g/mol. The first kappa shape index (κ1) is 109. The van der Waals surface area contributed by atoms with Crippen LogP contribution in [0, 0.1) is 48.5 Å². The quantitative estimate of drug-likeness (QED) is 0.0213. The number of rotatable bonds is 24. The number of nitrogens with one attached hydrogen (secondary N) is 5. The Labute approximate surface area is 772 Å². The van der Waals surface area contributed by atoms with Crippen LogP contribution in [0.15, 0.2) is 176 Å². The lowest BCUT2D eigenvalue weighted by Gasteiger charge is -2.34. The Morgan fingerprint density at radius 3 is 1.33 bits per heavy atom. The minimum absolute atomic E-state index is 0. The van der Waals surface area contributed by atoms with Crippen LogP contribution in [0.2, 0.25) is 15.2 Å². The number of pyridine rings is 3. The largest absolute Gasteiger partial charge is 0.361 e. The molecular weight excluding hydrogens is 1780 g/mol. The van der Waals surface area contributed by atoms with Crippen LogP contribution in [-0.4, -0.2) is 175 Å². The third kappa shape index (κ3) is 36.9. The number of aromatic nitrogens is 20. The number of piperazine rings is 2. The molecule has 0 bridgehead atoms. The Bertz CT molecular complexity index is 5440. The first-order valence-electron chi connectivity index (χ1n) is 37.6. The van der Waals surface area contributed by atoms with Crippen molar-refractivity contribution in [2.45, 2.75) is 192 Å². The van der Waals surface area contributed by atoms with Crippen LogP contribution in [-0.2, 0) is 47.4 Å². The second kappa shape index (κ2) is 56.9. The molecule has 124 heavy (non-hydrogen) atoms. The standard InChI is InChI=1S/C17H22ClN5OS.C17H23N5OS.C13H17N3O2S.C11H9Cl2N3OS.C11H12N4S.C10H10N4OS.5CH4.ClH/c1-3-22-6-8-23(9-7-22)14-5-4-13(16(18)20-14)11-25-17-19-12(2)10-15(24)21-17;1-3-21-6-8-22(9-7-21)15-5-4-14(11-18-15)12-24-17-19-13(2)10-16(23)20-17;1-4-10-9(11(5-2)18-16-10)7-19-13-14-8(3)6-12(17)15-13;1-6-2-15-11(16-10(6)17)18-5-7-8(12)3-14-4-9(7)13;1-8-3-9(2)15-11(14-8)16-6-10-4-12-7-13-5-10;1-7-5-9(15)14-10(13-7)16-6-8-11-3-2-4-12-8;;;;;;/h4-5,10H,3,6-9,11H2,1-2H3,(H,19,21,24);4-5,10-11H,3,6-9,12H2,1-2H3,(H,19,20,23);6H,4-5,7H2,1-3H3,(H,14,15,17);2-4H,5H2,1H3,(H,15,16,17);3-5,7H,6H2,1-2H3;2-5H,6H2,1H3,(H,13,14,15);5*1H4;1H. The maximum atomic E-state index is 11.5. The van der Waals surface area contributed by atoms with Crippen molar-refractivity contribution in [1.82, 2.24) is 110 Å². The number of aromatic amines is 5. The first-order chi connectivity index (χ1) is 56.9. The zero-order valence-corrected chi connectivity index (χ0v) is 75.6. The van der Waals surface area contributed by atoms with Crippen LogP contribution in [0.3, 0.4) is 0 Å². The van der Waals surface area contributed by atoms with Gasteiger partial charge in [-0.15, -0.1) is 12.4 Å². The van der Waals surface area contributed by atoms with Crippen molar-refractivity contribution in [1.29, 1.82) is 0 Å². The molecule has 0 aliphatic carbocycles. The van der Waals surface area contributed by atoms with Crippen molar-refractivity contribution in [3.63, 3.8) is 0 Å². The van der Waals surface area contributed by atoms with E-state index in [2.05, 4.69) is 152 Å². The van der Waals surface area contributed by atoms with Crippen molar-refractivity contribution < 1.29 is 4.52 Å². The van der Waals surface area contributed by atoms with Gasteiger partial charge in [-0.3, -0.25) is 29.0 Å². The van der Waals surface area contributed by atoms with E-state index in [1.165, 1.54) is 108 Å². The minimum Gasteiger partial charge on any atom is -0.361 e. The third-order valence-electron chi connectivity index (χ3n) is 17.3. The van der Waals surface area contributed by atoms with E-state index < -0.39 is 0 Å². The number of anilines is 2. The van der Waals surface area contributed by atoms with Gasteiger partial charge in [0.15, 0.2) is 30.9 Å². The molecule has 0 unspecified atom stereocenters. The van der Waals surface area contributed by atoms with Crippen LogP contribution < -0.4 is 37.6 Å². The van der Waals surface area contributed by atoms with E-state index in [-0.39, 0.29) is 77.3 Å². The molecule has 0 atom stereocenters. The molecule has 12 aromatic rings. The number of hydrogen-bond acceptors (Lipinski definition) is 31. The van der Waals surface area contributed by atoms with Crippen molar-refractivity contribution in [3.8, 4) is 0 Å². The molecule has 14 heterocycles. The molecular formula is C84H114Cl4N24O6S6. The van der Waals surface area contributed by atoms with Crippen LogP contribution in [0.4, 0.5) is 11.6 Å². The average Bonchev–Trinajstić information content (AvgIpc) is 1.65. The van der Waals surface area contributed by atoms with Gasteiger partial charge in [-0.05, 0) is 103 Å². The predicted molar refractivity (Wildman–Crippen MR) is 513 cm³/mol. The van der Waals surface area contributed by atoms with Gasteiger partial charge in [-0.2, -0.15) is 0 Å². The molecule has 2 aliphatic heterocycles. The van der Waals surface area contributed by atoms with E-state index in [0.717, 1.165) is 174 Å². The Morgan fingerprint density at radius 1 is 0.419 bits per heavy atom.